The van der Waals surface area contributed by atoms with Crippen LogP contribution in [-0.4, -0.2) is 13.1 Å². The molecule has 0 aromatic heterocycles. The first-order valence-electron chi connectivity index (χ1n) is 5.64. The van der Waals surface area contributed by atoms with Crippen molar-refractivity contribution >= 4 is 5.69 Å². The smallest absolute Gasteiger partial charge is 0.0441 e. The van der Waals surface area contributed by atoms with Crippen LogP contribution < -0.4 is 4.90 Å². The topological polar surface area (TPSA) is 3.24 Å². The van der Waals surface area contributed by atoms with Crippen molar-refractivity contribution in [1.82, 2.24) is 0 Å². The van der Waals surface area contributed by atoms with Gasteiger partial charge in [-0.2, -0.15) is 0 Å². The van der Waals surface area contributed by atoms with Gasteiger partial charge in [-0.15, -0.1) is 0 Å². The Balaban J connectivity index is 2.94. The first-order valence-corrected chi connectivity index (χ1v) is 5.64. The second-order valence-corrected chi connectivity index (χ2v) is 3.86. The summed E-state index contributed by atoms with van der Waals surface area (Å²) in [6, 6.07) is 9.06. The van der Waals surface area contributed by atoms with E-state index in [2.05, 4.69) is 69.1 Å². The second-order valence-electron chi connectivity index (χ2n) is 3.86. The summed E-state index contributed by atoms with van der Waals surface area (Å²) >= 11 is 0. The fraction of sp³-hybridized carbons (Fsp3) is 0.429. The molecule has 0 fully saturated rings. The number of hydrogen-bond donors (Lipinski definition) is 0. The predicted molar refractivity (Wildman–Crippen MR) is 68.5 cm³/mol. The largest absolute Gasteiger partial charge is 0.368 e. The Hall–Kier alpha value is -1.24. The van der Waals surface area contributed by atoms with Gasteiger partial charge in [-0.25, -0.2) is 0 Å². The van der Waals surface area contributed by atoms with Crippen molar-refractivity contribution in [2.75, 3.05) is 11.9 Å². The first-order chi connectivity index (χ1) is 7.20. The molecule has 0 saturated carbocycles. The van der Waals surface area contributed by atoms with Gasteiger partial charge in [-0.1, -0.05) is 37.3 Å². The van der Waals surface area contributed by atoms with Gasteiger partial charge in [0.25, 0.3) is 0 Å². The maximum atomic E-state index is 2.32. The Bertz CT molecular complexity index is 328. The number of rotatable bonds is 4. The Morgan fingerprint density at radius 3 is 2.60 bits per heavy atom. The number of likely N-dealkylation sites (N-methyl/N-ethyl adjacent to an activating group) is 1. The molecule has 0 spiro atoms. The highest BCUT2D eigenvalue weighted by Crippen LogP contribution is 2.21. The molecule has 82 valence electrons. The lowest BCUT2D eigenvalue weighted by Crippen LogP contribution is -2.27. The summed E-state index contributed by atoms with van der Waals surface area (Å²) in [5.41, 5.74) is 2.75. The van der Waals surface area contributed by atoms with Gasteiger partial charge < -0.3 is 4.90 Å². The summed E-state index contributed by atoms with van der Waals surface area (Å²) in [6.07, 6.45) is 5.41. The van der Waals surface area contributed by atoms with E-state index in [1.807, 2.05) is 0 Å². The molecule has 1 atom stereocenters. The minimum atomic E-state index is 0.447. The quantitative estimate of drug-likeness (QED) is 0.675. The molecule has 0 aliphatic rings. The average Bonchev–Trinajstić information content (AvgIpc) is 2.28. The van der Waals surface area contributed by atoms with Crippen molar-refractivity contribution in [2.45, 2.75) is 33.2 Å². The Labute approximate surface area is 93.4 Å². The van der Waals surface area contributed by atoms with Gasteiger partial charge in [0.2, 0.25) is 0 Å². The van der Waals surface area contributed by atoms with Crippen LogP contribution in [-0.2, 0) is 6.42 Å². The van der Waals surface area contributed by atoms with E-state index < -0.39 is 0 Å². The van der Waals surface area contributed by atoms with E-state index in [0.717, 1.165) is 6.42 Å². The third-order valence-electron chi connectivity index (χ3n) is 2.83. The lowest BCUT2D eigenvalue weighted by Gasteiger charge is -2.26. The van der Waals surface area contributed by atoms with Crippen LogP contribution in [0.5, 0.6) is 0 Å². The molecule has 0 bridgehead atoms. The molecular formula is C14H21N. The van der Waals surface area contributed by atoms with Crippen LogP contribution >= 0.6 is 0 Å². The Morgan fingerprint density at radius 1 is 1.33 bits per heavy atom. The molecular weight excluding hydrogens is 182 g/mol. The van der Waals surface area contributed by atoms with Crippen LogP contribution in [0.25, 0.3) is 0 Å². The predicted octanol–water partition coefficient (Wildman–Crippen LogP) is 3.65. The van der Waals surface area contributed by atoms with Crippen molar-refractivity contribution in [2.24, 2.45) is 0 Å². The van der Waals surface area contributed by atoms with E-state index in [0.29, 0.717) is 6.04 Å². The van der Waals surface area contributed by atoms with Gasteiger partial charge in [-0.05, 0) is 31.9 Å². The van der Waals surface area contributed by atoms with E-state index in [9.17, 15) is 0 Å². The lowest BCUT2D eigenvalue weighted by molar-refractivity contribution is 0.815. The maximum absolute atomic E-state index is 2.32. The van der Waals surface area contributed by atoms with Gasteiger partial charge in [0.15, 0.2) is 0 Å². The zero-order valence-electron chi connectivity index (χ0n) is 10.2. The third-order valence-corrected chi connectivity index (χ3v) is 2.83. The van der Waals surface area contributed by atoms with Crippen molar-refractivity contribution in [3.8, 4) is 0 Å². The van der Waals surface area contributed by atoms with Crippen LogP contribution in [0.4, 0.5) is 5.69 Å². The molecule has 1 heteroatoms. The molecule has 1 rings (SSSR count). The second kappa shape index (κ2) is 5.59. The van der Waals surface area contributed by atoms with E-state index in [4.69, 9.17) is 0 Å². The fourth-order valence-corrected chi connectivity index (χ4v) is 1.78. The Morgan fingerprint density at radius 2 is 2.00 bits per heavy atom. The molecule has 0 saturated heterocycles. The average molecular weight is 203 g/mol. The van der Waals surface area contributed by atoms with Gasteiger partial charge in [0.05, 0.1) is 0 Å². The number of hydrogen-bond acceptors (Lipinski definition) is 1. The van der Waals surface area contributed by atoms with E-state index in [-0.39, 0.29) is 0 Å². The highest BCUT2D eigenvalue weighted by atomic mass is 15.1. The number of allylic oxidation sites excluding steroid dienone is 1. The number of para-hydroxylation sites is 1. The highest BCUT2D eigenvalue weighted by molar-refractivity contribution is 5.54. The van der Waals surface area contributed by atoms with Crippen LogP contribution in [0.15, 0.2) is 36.4 Å². The number of benzene rings is 1. The van der Waals surface area contributed by atoms with E-state index in [1.165, 1.54) is 11.3 Å². The summed E-state index contributed by atoms with van der Waals surface area (Å²) in [5.74, 6) is 0. The van der Waals surface area contributed by atoms with Crippen LogP contribution in [0.2, 0.25) is 0 Å². The molecule has 1 aromatic rings. The van der Waals surface area contributed by atoms with Gasteiger partial charge >= 0.3 is 0 Å². The van der Waals surface area contributed by atoms with Crippen LogP contribution in [0.3, 0.4) is 0 Å². The van der Waals surface area contributed by atoms with Gasteiger partial charge in [0.1, 0.15) is 0 Å². The van der Waals surface area contributed by atoms with Crippen molar-refractivity contribution < 1.29 is 0 Å². The molecule has 0 N–H and O–H groups in total. The third kappa shape index (κ3) is 2.85. The molecule has 0 radical (unpaired) electrons. The summed E-state index contributed by atoms with van der Waals surface area (Å²) in [7, 11) is 2.15. The standard InChI is InChI=1S/C14H21N/c1-5-9-12(3)15(4)14-11-8-7-10-13(14)6-2/h5,7-12H,6H2,1-4H3/b9-5-. The van der Waals surface area contributed by atoms with Crippen molar-refractivity contribution in [3.05, 3.63) is 42.0 Å². The minimum Gasteiger partial charge on any atom is -0.368 e. The Kier molecular flexibility index (Phi) is 4.41. The number of nitrogens with zero attached hydrogens (tertiary/aromatic N) is 1. The molecule has 0 heterocycles. The molecule has 15 heavy (non-hydrogen) atoms. The summed E-state index contributed by atoms with van der Waals surface area (Å²) in [6.45, 7) is 6.48. The zero-order chi connectivity index (χ0) is 11.3. The van der Waals surface area contributed by atoms with Gasteiger partial charge in [-0.3, -0.25) is 0 Å². The monoisotopic (exact) mass is 203 g/mol. The normalized spacial score (nSPS) is 13.1. The molecule has 0 aliphatic carbocycles. The summed E-state index contributed by atoms with van der Waals surface area (Å²) in [5, 5.41) is 0. The summed E-state index contributed by atoms with van der Waals surface area (Å²) < 4.78 is 0. The van der Waals surface area contributed by atoms with Crippen molar-refractivity contribution in [3.63, 3.8) is 0 Å². The fourth-order valence-electron chi connectivity index (χ4n) is 1.78. The van der Waals surface area contributed by atoms with Gasteiger partial charge in [0, 0.05) is 18.8 Å². The molecule has 1 aromatic carbocycles. The van der Waals surface area contributed by atoms with Crippen LogP contribution in [0.1, 0.15) is 26.3 Å². The van der Waals surface area contributed by atoms with Crippen LogP contribution in [0, 0.1) is 0 Å². The molecule has 1 nitrogen and oxygen atoms in total. The maximum Gasteiger partial charge on any atom is 0.0441 e. The van der Waals surface area contributed by atoms with E-state index in [1.54, 1.807) is 0 Å². The zero-order valence-corrected chi connectivity index (χ0v) is 10.2. The minimum absolute atomic E-state index is 0.447. The highest BCUT2D eigenvalue weighted by Gasteiger charge is 2.09. The SMILES string of the molecule is C/C=C\C(C)N(C)c1ccccc1CC. The summed E-state index contributed by atoms with van der Waals surface area (Å²) in [4.78, 5) is 2.32. The molecule has 1 unspecified atom stereocenters. The number of aryl methyl sites for hydroxylation is 1. The number of anilines is 1. The first kappa shape index (κ1) is 11.8. The molecule has 0 aliphatic heterocycles. The van der Waals surface area contributed by atoms with E-state index >= 15 is 0 Å². The lowest BCUT2D eigenvalue weighted by atomic mass is 10.1. The van der Waals surface area contributed by atoms with Crippen molar-refractivity contribution in [1.29, 1.82) is 0 Å². The molecule has 0 amide bonds.